The number of urea groups is 1. The lowest BCUT2D eigenvalue weighted by atomic mass is 10.2. The van der Waals surface area contributed by atoms with Gasteiger partial charge >= 0.3 is 6.03 Å². The van der Waals surface area contributed by atoms with E-state index in [1.54, 1.807) is 12.1 Å². The Hall–Kier alpha value is -1.97. The average Bonchev–Trinajstić information content (AvgIpc) is 2.45. The van der Waals surface area contributed by atoms with Crippen LogP contribution in [0.25, 0.3) is 0 Å². The Morgan fingerprint density at radius 3 is 2.95 bits per heavy atom. The van der Waals surface area contributed by atoms with Crippen LogP contribution in [0.4, 0.5) is 10.5 Å². The molecule has 0 radical (unpaired) electrons. The van der Waals surface area contributed by atoms with E-state index in [2.05, 4.69) is 24.1 Å². The Morgan fingerprint density at radius 2 is 2.20 bits per heavy atom. The van der Waals surface area contributed by atoms with Gasteiger partial charge in [0.15, 0.2) is 0 Å². The molecule has 20 heavy (non-hydrogen) atoms. The summed E-state index contributed by atoms with van der Waals surface area (Å²) in [6.07, 6.45) is 6.27. The van der Waals surface area contributed by atoms with E-state index >= 15 is 0 Å². The number of amides is 2. The van der Waals surface area contributed by atoms with Gasteiger partial charge < -0.3 is 15.4 Å². The molecule has 0 aliphatic carbocycles. The first-order valence-electron chi connectivity index (χ1n) is 7.15. The smallest absolute Gasteiger partial charge is 0.319 e. The van der Waals surface area contributed by atoms with Crippen molar-refractivity contribution >= 4 is 11.7 Å². The summed E-state index contributed by atoms with van der Waals surface area (Å²) >= 11 is 0. The molecule has 1 aromatic rings. The van der Waals surface area contributed by atoms with Crippen LogP contribution < -0.4 is 15.4 Å². The SMILES string of the molecule is C=CCOc1cccc(NC(=O)NCCCCCC)c1. The van der Waals surface area contributed by atoms with Crippen molar-refractivity contribution in [3.63, 3.8) is 0 Å². The summed E-state index contributed by atoms with van der Waals surface area (Å²) in [6.45, 7) is 6.92. The molecular weight excluding hydrogens is 252 g/mol. The number of nitrogens with one attached hydrogen (secondary N) is 2. The number of rotatable bonds is 9. The van der Waals surface area contributed by atoms with Crippen molar-refractivity contribution in [1.29, 1.82) is 0 Å². The Morgan fingerprint density at radius 1 is 1.35 bits per heavy atom. The zero-order valence-electron chi connectivity index (χ0n) is 12.2. The summed E-state index contributed by atoms with van der Waals surface area (Å²) in [7, 11) is 0. The predicted molar refractivity (Wildman–Crippen MR) is 83.3 cm³/mol. The lowest BCUT2D eigenvalue weighted by molar-refractivity contribution is 0.252. The molecule has 2 amide bonds. The lowest BCUT2D eigenvalue weighted by Gasteiger charge is -2.09. The molecule has 0 aromatic heterocycles. The molecule has 0 aliphatic heterocycles. The molecule has 4 nitrogen and oxygen atoms in total. The molecule has 0 unspecified atom stereocenters. The number of benzene rings is 1. The predicted octanol–water partition coefficient (Wildman–Crippen LogP) is 3.95. The average molecular weight is 276 g/mol. The lowest BCUT2D eigenvalue weighted by Crippen LogP contribution is -2.29. The molecule has 110 valence electrons. The fraction of sp³-hybridized carbons (Fsp3) is 0.438. The van der Waals surface area contributed by atoms with Gasteiger partial charge in [-0.25, -0.2) is 4.79 Å². The number of carbonyl (C=O) groups excluding carboxylic acids is 1. The summed E-state index contributed by atoms with van der Waals surface area (Å²) in [5.74, 6) is 0.714. The van der Waals surface area contributed by atoms with Crippen molar-refractivity contribution in [2.75, 3.05) is 18.5 Å². The van der Waals surface area contributed by atoms with E-state index in [9.17, 15) is 4.79 Å². The van der Waals surface area contributed by atoms with Crippen LogP contribution in [0, 0.1) is 0 Å². The largest absolute Gasteiger partial charge is 0.489 e. The van der Waals surface area contributed by atoms with Crippen LogP contribution in [0.3, 0.4) is 0 Å². The zero-order valence-corrected chi connectivity index (χ0v) is 12.2. The molecule has 0 aliphatic rings. The van der Waals surface area contributed by atoms with Crippen molar-refractivity contribution in [2.24, 2.45) is 0 Å². The second kappa shape index (κ2) is 9.89. The molecule has 1 aromatic carbocycles. The van der Waals surface area contributed by atoms with Gasteiger partial charge in [-0.3, -0.25) is 0 Å². The van der Waals surface area contributed by atoms with Crippen LogP contribution in [-0.4, -0.2) is 19.2 Å². The van der Waals surface area contributed by atoms with E-state index in [0.717, 1.165) is 18.5 Å². The maximum Gasteiger partial charge on any atom is 0.319 e. The Labute approximate surface area is 121 Å². The quantitative estimate of drug-likeness (QED) is 0.530. The maximum atomic E-state index is 11.7. The van der Waals surface area contributed by atoms with Crippen LogP contribution in [0.2, 0.25) is 0 Å². The molecule has 0 bridgehead atoms. The third kappa shape index (κ3) is 6.83. The van der Waals surface area contributed by atoms with Gasteiger partial charge in [-0.05, 0) is 18.6 Å². The van der Waals surface area contributed by atoms with Crippen molar-refractivity contribution in [3.8, 4) is 5.75 Å². The molecule has 1 rings (SSSR count). The Bertz CT molecular complexity index is 419. The molecule has 0 fully saturated rings. The molecular formula is C16H24N2O2. The Balaban J connectivity index is 2.32. The van der Waals surface area contributed by atoms with Gasteiger partial charge in [0.2, 0.25) is 0 Å². The summed E-state index contributed by atoms with van der Waals surface area (Å²) in [5, 5.41) is 5.64. The minimum atomic E-state index is -0.178. The fourth-order valence-corrected chi connectivity index (χ4v) is 1.75. The van der Waals surface area contributed by atoms with Gasteiger partial charge in [0.05, 0.1) is 0 Å². The first-order valence-corrected chi connectivity index (χ1v) is 7.15. The van der Waals surface area contributed by atoms with E-state index in [1.807, 2.05) is 18.2 Å². The van der Waals surface area contributed by atoms with Gasteiger partial charge in [-0.2, -0.15) is 0 Å². The first kappa shape index (κ1) is 16.1. The summed E-state index contributed by atoms with van der Waals surface area (Å²) in [6, 6.07) is 7.13. The standard InChI is InChI=1S/C16H24N2O2/c1-3-5-6-7-11-17-16(19)18-14-9-8-10-15(13-14)20-12-4-2/h4,8-10,13H,2-3,5-7,11-12H2,1H3,(H2,17,18,19). The second-order valence-electron chi connectivity index (χ2n) is 4.57. The minimum Gasteiger partial charge on any atom is -0.489 e. The topological polar surface area (TPSA) is 50.4 Å². The molecule has 2 N–H and O–H groups in total. The second-order valence-corrected chi connectivity index (χ2v) is 4.57. The van der Waals surface area contributed by atoms with E-state index in [0.29, 0.717) is 18.9 Å². The highest BCUT2D eigenvalue weighted by Crippen LogP contribution is 2.17. The Kier molecular flexibility index (Phi) is 7.96. The number of carbonyl (C=O) groups is 1. The van der Waals surface area contributed by atoms with Crippen molar-refractivity contribution in [2.45, 2.75) is 32.6 Å². The highest BCUT2D eigenvalue weighted by Gasteiger charge is 2.02. The molecule has 0 heterocycles. The third-order valence-corrected chi connectivity index (χ3v) is 2.78. The fourth-order valence-electron chi connectivity index (χ4n) is 1.75. The van der Waals surface area contributed by atoms with Gasteiger partial charge in [-0.15, -0.1) is 0 Å². The van der Waals surface area contributed by atoms with Crippen molar-refractivity contribution in [1.82, 2.24) is 5.32 Å². The van der Waals surface area contributed by atoms with Gasteiger partial charge in [0.25, 0.3) is 0 Å². The highest BCUT2D eigenvalue weighted by molar-refractivity contribution is 5.89. The summed E-state index contributed by atoms with van der Waals surface area (Å²) in [4.78, 5) is 11.7. The number of anilines is 1. The van der Waals surface area contributed by atoms with Crippen molar-refractivity contribution in [3.05, 3.63) is 36.9 Å². The minimum absolute atomic E-state index is 0.178. The molecule has 4 heteroatoms. The van der Waals surface area contributed by atoms with Crippen LogP contribution in [0.5, 0.6) is 5.75 Å². The normalized spacial score (nSPS) is 9.85. The summed E-state index contributed by atoms with van der Waals surface area (Å²) in [5.41, 5.74) is 0.720. The number of ether oxygens (including phenoxy) is 1. The van der Waals surface area contributed by atoms with Crippen LogP contribution >= 0.6 is 0 Å². The monoisotopic (exact) mass is 276 g/mol. The number of hydrogen-bond acceptors (Lipinski definition) is 2. The molecule has 0 spiro atoms. The number of hydrogen-bond donors (Lipinski definition) is 2. The van der Waals surface area contributed by atoms with Crippen LogP contribution in [-0.2, 0) is 0 Å². The molecule has 0 atom stereocenters. The van der Waals surface area contributed by atoms with E-state index in [1.165, 1.54) is 12.8 Å². The van der Waals surface area contributed by atoms with Crippen LogP contribution in [0.15, 0.2) is 36.9 Å². The highest BCUT2D eigenvalue weighted by atomic mass is 16.5. The van der Waals surface area contributed by atoms with Gasteiger partial charge in [0, 0.05) is 18.3 Å². The van der Waals surface area contributed by atoms with Crippen molar-refractivity contribution < 1.29 is 9.53 Å². The zero-order chi connectivity index (χ0) is 14.6. The van der Waals surface area contributed by atoms with Crippen LogP contribution in [0.1, 0.15) is 32.6 Å². The van der Waals surface area contributed by atoms with E-state index < -0.39 is 0 Å². The maximum absolute atomic E-state index is 11.7. The molecule has 0 saturated heterocycles. The van der Waals surface area contributed by atoms with Gasteiger partial charge in [0.1, 0.15) is 12.4 Å². The van der Waals surface area contributed by atoms with E-state index in [-0.39, 0.29) is 6.03 Å². The first-order chi connectivity index (χ1) is 9.76. The number of unbranched alkanes of at least 4 members (excludes halogenated alkanes) is 3. The third-order valence-electron chi connectivity index (χ3n) is 2.78. The van der Waals surface area contributed by atoms with Gasteiger partial charge in [-0.1, -0.05) is 44.9 Å². The molecule has 0 saturated carbocycles. The summed E-state index contributed by atoms with van der Waals surface area (Å²) < 4.78 is 5.41. The van der Waals surface area contributed by atoms with E-state index in [4.69, 9.17) is 4.74 Å².